The molecule has 140 valence electrons. The summed E-state index contributed by atoms with van der Waals surface area (Å²) in [5.74, 6) is 0.838. The fraction of sp³-hybridized carbons (Fsp3) is 0.318. The summed E-state index contributed by atoms with van der Waals surface area (Å²) in [6, 6.07) is 18.0. The van der Waals surface area contributed by atoms with E-state index in [0.29, 0.717) is 13.2 Å². The molecule has 2 aromatic rings. The zero-order valence-corrected chi connectivity index (χ0v) is 15.5. The Kier molecular flexibility index (Phi) is 4.97. The van der Waals surface area contributed by atoms with Crippen LogP contribution in [0.15, 0.2) is 60.7 Å². The number of hydrogen-bond donors (Lipinski definition) is 0. The number of amides is 1. The molecule has 0 atom stereocenters. The van der Waals surface area contributed by atoms with Gasteiger partial charge in [-0.25, -0.2) is 0 Å². The fourth-order valence-corrected chi connectivity index (χ4v) is 3.75. The van der Waals surface area contributed by atoms with E-state index in [1.165, 1.54) is 5.56 Å². The van der Waals surface area contributed by atoms with Gasteiger partial charge in [0.15, 0.2) is 0 Å². The van der Waals surface area contributed by atoms with E-state index in [4.69, 9.17) is 9.47 Å². The summed E-state index contributed by atoms with van der Waals surface area (Å²) in [6.07, 6.45) is 3.52. The van der Waals surface area contributed by atoms with Crippen LogP contribution < -0.4 is 4.74 Å². The maximum atomic E-state index is 12.9. The van der Waals surface area contributed by atoms with Gasteiger partial charge < -0.3 is 14.4 Å². The molecule has 0 N–H and O–H groups in total. The second-order valence-electron chi connectivity index (χ2n) is 6.98. The summed E-state index contributed by atoms with van der Waals surface area (Å²) in [7, 11) is 1.64. The molecule has 0 radical (unpaired) electrons. The summed E-state index contributed by atoms with van der Waals surface area (Å²) in [6.45, 7) is 3.56. The monoisotopic (exact) mass is 364 g/mol. The summed E-state index contributed by atoms with van der Waals surface area (Å²) >= 11 is 0. The van der Waals surface area contributed by atoms with Crippen LogP contribution in [0.3, 0.4) is 0 Å². The van der Waals surface area contributed by atoms with Gasteiger partial charge in [0.25, 0.3) is 0 Å². The van der Waals surface area contributed by atoms with Crippen molar-refractivity contribution in [1.82, 2.24) is 9.80 Å². The van der Waals surface area contributed by atoms with Gasteiger partial charge in [0.05, 0.1) is 20.3 Å². The molecule has 2 aliphatic heterocycles. The number of benzene rings is 2. The molecule has 5 nitrogen and oxygen atoms in total. The lowest BCUT2D eigenvalue weighted by Gasteiger charge is -2.49. The third-order valence-electron chi connectivity index (χ3n) is 5.37. The average molecular weight is 364 g/mol. The van der Waals surface area contributed by atoms with E-state index in [0.717, 1.165) is 30.9 Å². The second kappa shape index (κ2) is 7.55. The van der Waals surface area contributed by atoms with Crippen molar-refractivity contribution in [2.45, 2.75) is 12.2 Å². The molecule has 0 unspecified atom stereocenters. The predicted octanol–water partition coefficient (Wildman–Crippen LogP) is 2.78. The molecular formula is C22H24N2O3. The van der Waals surface area contributed by atoms with Crippen molar-refractivity contribution in [3.8, 4) is 5.75 Å². The zero-order chi connectivity index (χ0) is 18.7. The Bertz CT molecular complexity index is 813. The summed E-state index contributed by atoms with van der Waals surface area (Å²) in [5.41, 5.74) is 1.92. The standard InChI is InChI=1S/C22H24N2O3/c1-26-20-10-7-18(8-11-20)9-12-21(25)24-14-13-23(22(24)16-27-17-22)15-19-5-3-2-4-6-19/h2-12H,13-17H2,1H3/b12-9+. The highest BCUT2D eigenvalue weighted by Crippen LogP contribution is 2.35. The first kappa shape index (κ1) is 17.8. The van der Waals surface area contributed by atoms with Gasteiger partial charge >= 0.3 is 0 Å². The smallest absolute Gasteiger partial charge is 0.248 e. The maximum absolute atomic E-state index is 12.9. The number of carbonyl (C=O) groups is 1. The normalized spacial score (nSPS) is 18.8. The van der Waals surface area contributed by atoms with Crippen LogP contribution in [0.25, 0.3) is 6.08 Å². The van der Waals surface area contributed by atoms with Crippen molar-refractivity contribution >= 4 is 12.0 Å². The van der Waals surface area contributed by atoms with Crippen molar-refractivity contribution in [1.29, 1.82) is 0 Å². The molecule has 2 aliphatic rings. The van der Waals surface area contributed by atoms with Gasteiger partial charge in [-0.2, -0.15) is 0 Å². The van der Waals surface area contributed by atoms with Gasteiger partial charge in [0, 0.05) is 25.7 Å². The van der Waals surface area contributed by atoms with Gasteiger partial charge in [-0.3, -0.25) is 9.69 Å². The molecule has 2 heterocycles. The van der Waals surface area contributed by atoms with E-state index in [-0.39, 0.29) is 11.6 Å². The molecule has 0 aliphatic carbocycles. The van der Waals surface area contributed by atoms with E-state index in [1.54, 1.807) is 13.2 Å². The van der Waals surface area contributed by atoms with Crippen molar-refractivity contribution < 1.29 is 14.3 Å². The van der Waals surface area contributed by atoms with Crippen molar-refractivity contribution in [2.75, 3.05) is 33.4 Å². The Labute approximate surface area is 159 Å². The minimum absolute atomic E-state index is 0.0321. The third-order valence-corrected chi connectivity index (χ3v) is 5.37. The average Bonchev–Trinajstić information content (AvgIpc) is 3.07. The quantitative estimate of drug-likeness (QED) is 0.765. The molecule has 0 bridgehead atoms. The van der Waals surface area contributed by atoms with Gasteiger partial charge in [-0.05, 0) is 29.3 Å². The molecule has 5 heteroatoms. The van der Waals surface area contributed by atoms with E-state index in [9.17, 15) is 4.79 Å². The van der Waals surface area contributed by atoms with Crippen LogP contribution in [-0.4, -0.2) is 54.8 Å². The maximum Gasteiger partial charge on any atom is 0.248 e. The van der Waals surface area contributed by atoms with Crippen LogP contribution in [0.2, 0.25) is 0 Å². The molecule has 2 fully saturated rings. The molecule has 1 amide bonds. The zero-order valence-electron chi connectivity index (χ0n) is 15.5. The van der Waals surface area contributed by atoms with Crippen LogP contribution in [0.1, 0.15) is 11.1 Å². The molecule has 2 saturated heterocycles. The molecule has 0 saturated carbocycles. The number of hydrogen-bond acceptors (Lipinski definition) is 4. The topological polar surface area (TPSA) is 42.0 Å². The first-order valence-corrected chi connectivity index (χ1v) is 9.22. The number of nitrogens with zero attached hydrogens (tertiary/aromatic N) is 2. The highest BCUT2D eigenvalue weighted by Gasteiger charge is 2.54. The van der Waals surface area contributed by atoms with Gasteiger partial charge in [-0.15, -0.1) is 0 Å². The van der Waals surface area contributed by atoms with Gasteiger partial charge in [-0.1, -0.05) is 42.5 Å². The minimum Gasteiger partial charge on any atom is -0.497 e. The second-order valence-corrected chi connectivity index (χ2v) is 6.98. The summed E-state index contributed by atoms with van der Waals surface area (Å²) < 4.78 is 10.7. The Hall–Kier alpha value is -2.63. The largest absolute Gasteiger partial charge is 0.497 e. The highest BCUT2D eigenvalue weighted by molar-refractivity contribution is 5.92. The van der Waals surface area contributed by atoms with Crippen molar-refractivity contribution in [3.05, 3.63) is 71.8 Å². The fourth-order valence-electron chi connectivity index (χ4n) is 3.75. The molecular weight excluding hydrogens is 340 g/mol. The summed E-state index contributed by atoms with van der Waals surface area (Å²) in [5, 5.41) is 0. The van der Waals surface area contributed by atoms with Crippen LogP contribution in [0, 0.1) is 0 Å². The Balaban J connectivity index is 1.46. The first-order chi connectivity index (χ1) is 13.2. The van der Waals surface area contributed by atoms with Gasteiger partial charge in [0.2, 0.25) is 5.91 Å². The molecule has 27 heavy (non-hydrogen) atoms. The Morgan fingerprint density at radius 2 is 1.85 bits per heavy atom. The lowest BCUT2D eigenvalue weighted by molar-refractivity contribution is -0.192. The predicted molar refractivity (Wildman–Crippen MR) is 104 cm³/mol. The highest BCUT2D eigenvalue weighted by atomic mass is 16.5. The number of carbonyl (C=O) groups excluding carboxylic acids is 1. The molecule has 0 aromatic heterocycles. The molecule has 2 aromatic carbocycles. The van der Waals surface area contributed by atoms with Crippen LogP contribution in [0.4, 0.5) is 0 Å². The Morgan fingerprint density at radius 3 is 2.48 bits per heavy atom. The minimum atomic E-state index is -0.308. The SMILES string of the molecule is COc1ccc(/C=C/C(=O)N2CCN(Cc3ccccc3)C23COC3)cc1. The van der Waals surface area contributed by atoms with Crippen LogP contribution in [0.5, 0.6) is 5.75 Å². The van der Waals surface area contributed by atoms with E-state index >= 15 is 0 Å². The molecule has 4 rings (SSSR count). The van der Waals surface area contributed by atoms with E-state index < -0.39 is 0 Å². The van der Waals surface area contributed by atoms with Gasteiger partial charge in [0.1, 0.15) is 11.4 Å². The lowest BCUT2D eigenvalue weighted by Crippen LogP contribution is -2.67. The number of methoxy groups -OCH3 is 1. The molecule has 1 spiro atoms. The first-order valence-electron chi connectivity index (χ1n) is 9.22. The Morgan fingerprint density at radius 1 is 1.11 bits per heavy atom. The van der Waals surface area contributed by atoms with E-state index in [2.05, 4.69) is 29.2 Å². The van der Waals surface area contributed by atoms with Crippen molar-refractivity contribution in [2.24, 2.45) is 0 Å². The summed E-state index contributed by atoms with van der Waals surface area (Å²) in [4.78, 5) is 17.2. The van der Waals surface area contributed by atoms with Crippen LogP contribution in [-0.2, 0) is 16.1 Å². The lowest BCUT2D eigenvalue weighted by atomic mass is 10.0. The number of ether oxygens (including phenoxy) is 2. The number of rotatable bonds is 5. The van der Waals surface area contributed by atoms with Crippen LogP contribution >= 0.6 is 0 Å². The third kappa shape index (κ3) is 3.48. The van der Waals surface area contributed by atoms with E-state index in [1.807, 2.05) is 41.3 Å². The van der Waals surface area contributed by atoms with Crippen molar-refractivity contribution in [3.63, 3.8) is 0 Å².